The maximum absolute atomic E-state index is 10.6. The van der Waals surface area contributed by atoms with Crippen LogP contribution in [0.1, 0.15) is 60.9 Å². The van der Waals surface area contributed by atoms with E-state index in [0.29, 0.717) is 6.17 Å². The van der Waals surface area contributed by atoms with Crippen molar-refractivity contribution in [3.63, 3.8) is 0 Å². The number of rotatable bonds is 9. The fourth-order valence-corrected chi connectivity index (χ4v) is 3.97. The van der Waals surface area contributed by atoms with Crippen LogP contribution in [0.2, 0.25) is 0 Å². The van der Waals surface area contributed by atoms with Gasteiger partial charge in [-0.2, -0.15) is 0 Å². The minimum atomic E-state index is 0.657. The van der Waals surface area contributed by atoms with Crippen LogP contribution < -0.4 is 5.73 Å². The Morgan fingerprint density at radius 2 is 1.81 bits per heavy atom. The first-order valence-electron chi connectivity index (χ1n) is 10.5. The number of aldehydes is 1. The molecular weight excluding hydrogens is 338 g/mol. The van der Waals surface area contributed by atoms with Crippen LogP contribution in [-0.2, 0) is 11.3 Å². The van der Waals surface area contributed by atoms with Gasteiger partial charge in [-0.1, -0.05) is 37.1 Å². The summed E-state index contributed by atoms with van der Waals surface area (Å²) in [7, 11) is 1.74. The van der Waals surface area contributed by atoms with Crippen LogP contribution in [0.3, 0.4) is 0 Å². The lowest BCUT2D eigenvalue weighted by Gasteiger charge is -2.40. The number of nitrogens with zero attached hydrogens (tertiary/aromatic N) is 2. The smallest absolute Gasteiger partial charge is 0.150 e. The molecule has 0 aliphatic carbocycles. The lowest BCUT2D eigenvalue weighted by atomic mass is 10.1. The number of nitrogens with two attached hydrogens (primary N) is 1. The lowest BCUT2D eigenvalue weighted by molar-refractivity contribution is 0.0287. The second-order valence-electron chi connectivity index (χ2n) is 7.54. The predicted molar refractivity (Wildman–Crippen MR) is 111 cm³/mol. The van der Waals surface area contributed by atoms with Gasteiger partial charge in [0.05, 0.1) is 6.17 Å². The van der Waals surface area contributed by atoms with Crippen LogP contribution in [-0.4, -0.2) is 62.1 Å². The molecule has 3 rings (SSSR count). The summed E-state index contributed by atoms with van der Waals surface area (Å²) in [5, 5.41) is 0. The minimum Gasteiger partial charge on any atom is -0.385 e. The Bertz CT molecular complexity index is 515. The van der Waals surface area contributed by atoms with Gasteiger partial charge in [0.15, 0.2) is 0 Å². The van der Waals surface area contributed by atoms with Crippen molar-refractivity contribution in [2.75, 3.05) is 39.9 Å². The number of unbranched alkanes of at least 4 members (excludes halogenated alkanes) is 3. The molecule has 2 saturated heterocycles. The second-order valence-corrected chi connectivity index (χ2v) is 7.54. The van der Waals surface area contributed by atoms with E-state index in [1.54, 1.807) is 7.11 Å². The van der Waals surface area contributed by atoms with Crippen LogP contribution in [0, 0.1) is 0 Å². The van der Waals surface area contributed by atoms with E-state index in [1.807, 2.05) is 12.1 Å². The van der Waals surface area contributed by atoms with Gasteiger partial charge in [-0.05, 0) is 50.8 Å². The van der Waals surface area contributed by atoms with E-state index in [0.717, 1.165) is 38.0 Å². The third-order valence-electron chi connectivity index (χ3n) is 5.45. The Hall–Kier alpha value is -1.27. The van der Waals surface area contributed by atoms with E-state index >= 15 is 0 Å². The summed E-state index contributed by atoms with van der Waals surface area (Å²) in [6.07, 6.45) is 10.3. The van der Waals surface area contributed by atoms with Crippen LogP contribution in [0.15, 0.2) is 24.3 Å². The number of hydrogen-bond donors (Lipinski definition) is 1. The zero-order valence-corrected chi connectivity index (χ0v) is 16.9. The van der Waals surface area contributed by atoms with Gasteiger partial charge >= 0.3 is 0 Å². The van der Waals surface area contributed by atoms with Gasteiger partial charge in [0.2, 0.25) is 0 Å². The third kappa shape index (κ3) is 7.70. The van der Waals surface area contributed by atoms with E-state index in [2.05, 4.69) is 21.9 Å². The highest BCUT2D eigenvalue weighted by atomic mass is 16.5. The number of hydrogen-bond acceptors (Lipinski definition) is 5. The molecule has 1 aromatic carbocycles. The van der Waals surface area contributed by atoms with E-state index in [1.165, 1.54) is 63.7 Å². The van der Waals surface area contributed by atoms with Gasteiger partial charge in [-0.25, -0.2) is 0 Å². The zero-order chi connectivity index (χ0) is 19.3. The number of benzene rings is 1. The number of carbonyl (C=O) groups is 1. The highest BCUT2D eigenvalue weighted by Crippen LogP contribution is 2.26. The summed E-state index contributed by atoms with van der Waals surface area (Å²) in [5.41, 5.74) is 7.39. The maximum atomic E-state index is 10.6. The van der Waals surface area contributed by atoms with E-state index < -0.39 is 0 Å². The molecule has 2 aliphatic heterocycles. The van der Waals surface area contributed by atoms with Crippen LogP contribution in [0.4, 0.5) is 0 Å². The standard InChI is InChI=1S/C15H20N2O.C7H17NO/c18-12-14-6-4-13(5-7-14)11-17-10-2-9-16-8-1-3-15(16)17;1-9-7-5-3-2-4-6-8/h4-7,12,15H,1-3,8-11H2;2-8H2,1H3. The van der Waals surface area contributed by atoms with Gasteiger partial charge in [0, 0.05) is 38.9 Å². The Morgan fingerprint density at radius 3 is 2.52 bits per heavy atom. The summed E-state index contributed by atoms with van der Waals surface area (Å²) in [4.78, 5) is 15.8. The quantitative estimate of drug-likeness (QED) is 0.530. The van der Waals surface area contributed by atoms with E-state index in [9.17, 15) is 4.79 Å². The Balaban J connectivity index is 0.000000249. The SMILES string of the molecule is COCCCCCCN.O=Cc1ccc(CN2CCCN3CCCC32)cc1. The van der Waals surface area contributed by atoms with Gasteiger partial charge in [0.25, 0.3) is 0 Å². The van der Waals surface area contributed by atoms with E-state index in [-0.39, 0.29) is 0 Å². The van der Waals surface area contributed by atoms with Gasteiger partial charge in [-0.3, -0.25) is 14.6 Å². The Kier molecular flexibility index (Phi) is 10.6. The molecule has 5 nitrogen and oxygen atoms in total. The molecule has 1 aromatic rings. The average Bonchev–Trinajstić information content (AvgIpc) is 3.19. The van der Waals surface area contributed by atoms with Gasteiger partial charge in [0.1, 0.15) is 6.29 Å². The molecule has 2 aliphatic rings. The molecule has 27 heavy (non-hydrogen) atoms. The predicted octanol–water partition coefficient (Wildman–Crippen LogP) is 3.28. The largest absolute Gasteiger partial charge is 0.385 e. The van der Waals surface area contributed by atoms with Crippen LogP contribution in [0.25, 0.3) is 0 Å². The molecule has 152 valence electrons. The molecule has 2 heterocycles. The summed E-state index contributed by atoms with van der Waals surface area (Å²) in [5.74, 6) is 0. The third-order valence-corrected chi connectivity index (χ3v) is 5.45. The first kappa shape index (κ1) is 22.0. The molecule has 0 radical (unpaired) electrons. The molecule has 1 atom stereocenters. The molecule has 0 amide bonds. The molecule has 0 bridgehead atoms. The number of carbonyl (C=O) groups excluding carboxylic acids is 1. The van der Waals surface area contributed by atoms with Crippen molar-refractivity contribution in [3.8, 4) is 0 Å². The normalized spacial score (nSPS) is 20.0. The summed E-state index contributed by atoms with van der Waals surface area (Å²) < 4.78 is 4.89. The number of ether oxygens (including phenoxy) is 1. The topological polar surface area (TPSA) is 58.8 Å². The van der Waals surface area contributed by atoms with Gasteiger partial charge in [-0.15, -0.1) is 0 Å². The fourth-order valence-electron chi connectivity index (χ4n) is 3.97. The van der Waals surface area contributed by atoms with Crippen molar-refractivity contribution in [1.29, 1.82) is 0 Å². The molecule has 5 heteroatoms. The fraction of sp³-hybridized carbons (Fsp3) is 0.682. The molecular formula is C22H37N3O2. The van der Waals surface area contributed by atoms with Crippen molar-refractivity contribution in [1.82, 2.24) is 9.80 Å². The monoisotopic (exact) mass is 375 g/mol. The second kappa shape index (κ2) is 13.0. The number of methoxy groups -OCH3 is 1. The Morgan fingerprint density at radius 1 is 1.07 bits per heavy atom. The Labute approximate surface area is 164 Å². The van der Waals surface area contributed by atoms with E-state index in [4.69, 9.17) is 10.5 Å². The maximum Gasteiger partial charge on any atom is 0.150 e. The van der Waals surface area contributed by atoms with Crippen molar-refractivity contribution in [2.24, 2.45) is 5.73 Å². The highest BCUT2D eigenvalue weighted by Gasteiger charge is 2.32. The first-order chi connectivity index (χ1) is 13.3. The summed E-state index contributed by atoms with van der Waals surface area (Å²) >= 11 is 0. The average molecular weight is 376 g/mol. The van der Waals surface area contributed by atoms with Crippen molar-refractivity contribution >= 4 is 6.29 Å². The first-order valence-corrected chi connectivity index (χ1v) is 10.5. The van der Waals surface area contributed by atoms with Crippen molar-refractivity contribution in [2.45, 2.75) is 57.7 Å². The van der Waals surface area contributed by atoms with Crippen molar-refractivity contribution < 1.29 is 9.53 Å². The minimum absolute atomic E-state index is 0.657. The molecule has 0 spiro atoms. The molecule has 1 unspecified atom stereocenters. The molecule has 0 aromatic heterocycles. The number of fused-ring (bicyclic) bond motifs is 1. The highest BCUT2D eigenvalue weighted by molar-refractivity contribution is 5.74. The summed E-state index contributed by atoms with van der Waals surface area (Å²) in [6, 6.07) is 7.99. The summed E-state index contributed by atoms with van der Waals surface area (Å²) in [6.45, 7) is 6.48. The van der Waals surface area contributed by atoms with Crippen LogP contribution >= 0.6 is 0 Å². The van der Waals surface area contributed by atoms with Crippen molar-refractivity contribution in [3.05, 3.63) is 35.4 Å². The van der Waals surface area contributed by atoms with Crippen LogP contribution in [0.5, 0.6) is 0 Å². The molecule has 2 fully saturated rings. The molecule has 2 N–H and O–H groups in total. The van der Waals surface area contributed by atoms with Gasteiger partial charge < -0.3 is 10.5 Å². The zero-order valence-electron chi connectivity index (χ0n) is 16.9. The lowest BCUT2D eigenvalue weighted by Crippen LogP contribution is -2.49. The molecule has 0 saturated carbocycles.